The van der Waals surface area contributed by atoms with Crippen molar-refractivity contribution in [3.8, 4) is 0 Å². The molecule has 180 valence electrons. The average molecular weight is 477 g/mol. The Bertz CT molecular complexity index is 1310. The maximum absolute atomic E-state index is 13.7. The highest BCUT2D eigenvalue weighted by Gasteiger charge is 2.38. The number of nitrogens with zero attached hydrogens (tertiary/aromatic N) is 2. The molecule has 1 heterocycles. The van der Waals surface area contributed by atoms with Crippen molar-refractivity contribution in [1.29, 1.82) is 0 Å². The quantitative estimate of drug-likeness (QED) is 0.361. The third kappa shape index (κ3) is 5.08. The van der Waals surface area contributed by atoms with Crippen LogP contribution in [0.1, 0.15) is 15.9 Å². The number of urea groups is 1. The van der Waals surface area contributed by atoms with E-state index in [1.54, 1.807) is 0 Å². The smallest absolute Gasteiger partial charge is 0.319 e. The lowest BCUT2D eigenvalue weighted by Crippen LogP contribution is -2.58. The van der Waals surface area contributed by atoms with Gasteiger partial charge in [0.05, 0.1) is 17.8 Å². The maximum atomic E-state index is 13.7. The molecule has 1 aliphatic rings. The molecule has 1 atom stereocenters. The monoisotopic (exact) mass is 476 g/mol. The SMILES string of the molecule is O=C(NCC1N(CCc2ccccc2)C(=O)c2ccccc2N1c1ccccc1)Nc1ccccc1. The zero-order valence-electron chi connectivity index (χ0n) is 19.9. The summed E-state index contributed by atoms with van der Waals surface area (Å²) < 4.78 is 0. The molecule has 0 spiro atoms. The molecule has 0 radical (unpaired) electrons. The van der Waals surface area contributed by atoms with Crippen LogP contribution < -0.4 is 15.5 Å². The highest BCUT2D eigenvalue weighted by atomic mass is 16.2. The number of amides is 3. The van der Waals surface area contributed by atoms with E-state index in [1.165, 1.54) is 0 Å². The molecule has 1 unspecified atom stereocenters. The lowest BCUT2D eigenvalue weighted by Gasteiger charge is -2.45. The van der Waals surface area contributed by atoms with Gasteiger partial charge in [0.1, 0.15) is 6.17 Å². The van der Waals surface area contributed by atoms with Crippen LogP contribution in [0, 0.1) is 0 Å². The first kappa shape index (κ1) is 23.2. The number of anilines is 3. The Morgan fingerprint density at radius 2 is 1.36 bits per heavy atom. The van der Waals surface area contributed by atoms with Crippen LogP contribution in [0.5, 0.6) is 0 Å². The fourth-order valence-corrected chi connectivity index (χ4v) is 4.58. The van der Waals surface area contributed by atoms with Gasteiger partial charge in [-0.25, -0.2) is 4.79 Å². The second kappa shape index (κ2) is 10.8. The van der Waals surface area contributed by atoms with Gasteiger partial charge in [0.2, 0.25) is 0 Å². The van der Waals surface area contributed by atoms with Gasteiger partial charge in [-0.15, -0.1) is 0 Å². The normalized spacial score (nSPS) is 14.8. The summed E-state index contributed by atoms with van der Waals surface area (Å²) in [5.74, 6) is -0.0380. The number of para-hydroxylation sites is 3. The van der Waals surface area contributed by atoms with Gasteiger partial charge in [-0.2, -0.15) is 0 Å². The highest BCUT2D eigenvalue weighted by Crippen LogP contribution is 2.37. The van der Waals surface area contributed by atoms with Crippen LogP contribution in [0.25, 0.3) is 0 Å². The van der Waals surface area contributed by atoms with E-state index in [9.17, 15) is 9.59 Å². The predicted molar refractivity (Wildman–Crippen MR) is 143 cm³/mol. The lowest BCUT2D eigenvalue weighted by atomic mass is 10.0. The highest BCUT2D eigenvalue weighted by molar-refractivity contribution is 6.03. The van der Waals surface area contributed by atoms with Gasteiger partial charge in [-0.05, 0) is 48.4 Å². The standard InChI is InChI=1S/C30H28N4O2/c35-29-26-18-10-11-19-27(26)34(25-16-8-3-9-17-25)28(33(29)21-20-23-12-4-1-5-13-23)22-31-30(36)32-24-14-6-2-7-15-24/h1-19,28H,20-22H2,(H2,31,32,36). The molecule has 4 aromatic rings. The molecule has 36 heavy (non-hydrogen) atoms. The van der Waals surface area contributed by atoms with Gasteiger partial charge in [-0.3, -0.25) is 4.79 Å². The lowest BCUT2D eigenvalue weighted by molar-refractivity contribution is 0.0665. The molecule has 1 aliphatic heterocycles. The summed E-state index contributed by atoms with van der Waals surface area (Å²) in [7, 11) is 0. The molecule has 0 saturated heterocycles. The summed E-state index contributed by atoms with van der Waals surface area (Å²) in [5.41, 5.74) is 4.31. The molecule has 0 aromatic heterocycles. The number of hydrogen-bond acceptors (Lipinski definition) is 3. The van der Waals surface area contributed by atoms with Crippen LogP contribution in [-0.4, -0.2) is 36.1 Å². The first-order valence-corrected chi connectivity index (χ1v) is 12.1. The summed E-state index contributed by atoms with van der Waals surface area (Å²) >= 11 is 0. The number of rotatable bonds is 7. The predicted octanol–water partition coefficient (Wildman–Crippen LogP) is 5.67. The Morgan fingerprint density at radius 3 is 2.08 bits per heavy atom. The van der Waals surface area contributed by atoms with Crippen molar-refractivity contribution in [2.24, 2.45) is 0 Å². The minimum atomic E-state index is -0.403. The van der Waals surface area contributed by atoms with Crippen molar-refractivity contribution in [3.05, 3.63) is 126 Å². The number of benzene rings is 4. The summed E-state index contributed by atoms with van der Waals surface area (Å²) in [4.78, 5) is 30.5. The molecule has 6 nitrogen and oxygen atoms in total. The van der Waals surface area contributed by atoms with Crippen LogP contribution in [0.15, 0.2) is 115 Å². The van der Waals surface area contributed by atoms with Crippen LogP contribution in [0.2, 0.25) is 0 Å². The Hall–Kier alpha value is -4.58. The van der Waals surface area contributed by atoms with E-state index in [1.807, 2.05) is 108 Å². The summed E-state index contributed by atoms with van der Waals surface area (Å²) in [5, 5.41) is 5.86. The molecule has 6 heteroatoms. The first-order valence-electron chi connectivity index (χ1n) is 12.1. The molecular weight excluding hydrogens is 448 g/mol. The van der Waals surface area contributed by atoms with Crippen molar-refractivity contribution in [3.63, 3.8) is 0 Å². The topological polar surface area (TPSA) is 64.7 Å². The largest absolute Gasteiger partial charge is 0.334 e. The third-order valence-electron chi connectivity index (χ3n) is 6.31. The Balaban J connectivity index is 1.46. The Labute approximate surface area is 211 Å². The van der Waals surface area contributed by atoms with E-state index < -0.39 is 6.17 Å². The van der Waals surface area contributed by atoms with Gasteiger partial charge in [0.15, 0.2) is 0 Å². The third-order valence-corrected chi connectivity index (χ3v) is 6.31. The number of carbonyl (C=O) groups excluding carboxylic acids is 2. The molecule has 2 N–H and O–H groups in total. The summed E-state index contributed by atoms with van der Waals surface area (Å²) in [6, 6.07) is 36.8. The molecule has 0 saturated carbocycles. The van der Waals surface area contributed by atoms with Crippen LogP contribution in [0.3, 0.4) is 0 Å². The fourth-order valence-electron chi connectivity index (χ4n) is 4.58. The molecular formula is C30H28N4O2. The number of carbonyl (C=O) groups is 2. The van der Waals surface area contributed by atoms with Gasteiger partial charge in [0.25, 0.3) is 5.91 Å². The molecule has 0 fully saturated rings. The van der Waals surface area contributed by atoms with E-state index in [0.717, 1.165) is 16.9 Å². The van der Waals surface area contributed by atoms with E-state index >= 15 is 0 Å². The summed E-state index contributed by atoms with van der Waals surface area (Å²) in [6.07, 6.45) is 0.310. The fraction of sp³-hybridized carbons (Fsp3) is 0.133. The van der Waals surface area contributed by atoms with E-state index in [0.29, 0.717) is 24.2 Å². The molecule has 0 aliphatic carbocycles. The Kier molecular flexibility index (Phi) is 6.94. The number of nitrogens with one attached hydrogen (secondary N) is 2. The molecule has 0 bridgehead atoms. The summed E-state index contributed by atoms with van der Waals surface area (Å²) in [6.45, 7) is 0.773. The molecule has 4 aromatic carbocycles. The number of hydrogen-bond donors (Lipinski definition) is 2. The van der Waals surface area contributed by atoms with Crippen LogP contribution in [0.4, 0.5) is 21.9 Å². The van der Waals surface area contributed by atoms with Crippen molar-refractivity contribution < 1.29 is 9.59 Å². The molecule has 5 rings (SSSR count). The van der Waals surface area contributed by atoms with Crippen LogP contribution >= 0.6 is 0 Å². The number of fused-ring (bicyclic) bond motifs is 1. The van der Waals surface area contributed by atoms with Gasteiger partial charge in [0, 0.05) is 17.9 Å². The minimum absolute atomic E-state index is 0.0380. The Morgan fingerprint density at radius 1 is 0.750 bits per heavy atom. The van der Waals surface area contributed by atoms with Crippen molar-refractivity contribution in [1.82, 2.24) is 10.2 Å². The van der Waals surface area contributed by atoms with Crippen LogP contribution in [-0.2, 0) is 6.42 Å². The van der Waals surface area contributed by atoms with E-state index in [4.69, 9.17) is 0 Å². The zero-order valence-corrected chi connectivity index (χ0v) is 19.9. The first-order chi connectivity index (χ1) is 17.7. The van der Waals surface area contributed by atoms with E-state index in [2.05, 4.69) is 27.7 Å². The van der Waals surface area contributed by atoms with E-state index in [-0.39, 0.29) is 18.5 Å². The van der Waals surface area contributed by atoms with Gasteiger partial charge >= 0.3 is 6.03 Å². The van der Waals surface area contributed by atoms with Gasteiger partial charge in [-0.1, -0.05) is 78.9 Å². The maximum Gasteiger partial charge on any atom is 0.319 e. The molecule has 3 amide bonds. The second-order valence-electron chi connectivity index (χ2n) is 8.64. The zero-order chi connectivity index (χ0) is 24.7. The van der Waals surface area contributed by atoms with Crippen molar-refractivity contribution >= 4 is 29.0 Å². The van der Waals surface area contributed by atoms with Crippen molar-refractivity contribution in [2.75, 3.05) is 23.3 Å². The minimum Gasteiger partial charge on any atom is -0.334 e. The average Bonchev–Trinajstić information content (AvgIpc) is 2.93. The van der Waals surface area contributed by atoms with Gasteiger partial charge < -0.3 is 20.4 Å². The second-order valence-corrected chi connectivity index (χ2v) is 8.64. The van der Waals surface area contributed by atoms with Crippen molar-refractivity contribution in [2.45, 2.75) is 12.6 Å².